The molecule has 5 nitrogen and oxygen atoms in total. The van der Waals surface area contributed by atoms with E-state index in [1.807, 2.05) is 32.9 Å². The molecule has 1 aliphatic heterocycles. The number of hydrogen-bond donors (Lipinski definition) is 0. The SMILES string of the molecule is CCOC(=O)N1CCN(c2ccc(OC(C)C)cc2)CC1. The van der Waals surface area contributed by atoms with Crippen molar-refractivity contribution >= 4 is 11.8 Å². The number of benzene rings is 1. The predicted molar refractivity (Wildman–Crippen MR) is 83.0 cm³/mol. The van der Waals surface area contributed by atoms with Crippen LogP contribution >= 0.6 is 0 Å². The summed E-state index contributed by atoms with van der Waals surface area (Å²) in [5.41, 5.74) is 1.16. The van der Waals surface area contributed by atoms with Gasteiger partial charge in [-0.1, -0.05) is 0 Å². The molecular formula is C16H24N2O3. The number of ether oxygens (including phenoxy) is 2. The van der Waals surface area contributed by atoms with Gasteiger partial charge in [-0.3, -0.25) is 0 Å². The van der Waals surface area contributed by atoms with E-state index < -0.39 is 0 Å². The Labute approximate surface area is 126 Å². The zero-order chi connectivity index (χ0) is 15.2. The Kier molecular flexibility index (Phi) is 5.31. The first kappa shape index (κ1) is 15.5. The van der Waals surface area contributed by atoms with Crippen molar-refractivity contribution in [1.29, 1.82) is 0 Å². The van der Waals surface area contributed by atoms with E-state index in [9.17, 15) is 4.79 Å². The van der Waals surface area contributed by atoms with Crippen LogP contribution in [0.5, 0.6) is 5.75 Å². The van der Waals surface area contributed by atoms with Gasteiger partial charge in [0.25, 0.3) is 0 Å². The Hall–Kier alpha value is -1.91. The molecule has 0 atom stereocenters. The molecule has 0 N–H and O–H groups in total. The molecule has 0 unspecified atom stereocenters. The van der Waals surface area contributed by atoms with Gasteiger partial charge in [0.05, 0.1) is 12.7 Å². The van der Waals surface area contributed by atoms with Crippen molar-refractivity contribution in [3.8, 4) is 5.75 Å². The number of carbonyl (C=O) groups excluding carboxylic acids is 1. The van der Waals surface area contributed by atoms with E-state index in [1.165, 1.54) is 0 Å². The van der Waals surface area contributed by atoms with Gasteiger partial charge >= 0.3 is 6.09 Å². The number of nitrogens with zero attached hydrogens (tertiary/aromatic N) is 2. The lowest BCUT2D eigenvalue weighted by Gasteiger charge is -2.35. The number of amides is 1. The Bertz CT molecular complexity index is 451. The molecule has 1 fully saturated rings. The molecule has 116 valence electrons. The lowest BCUT2D eigenvalue weighted by atomic mass is 10.2. The third-order valence-corrected chi connectivity index (χ3v) is 3.38. The summed E-state index contributed by atoms with van der Waals surface area (Å²) in [6, 6.07) is 8.12. The van der Waals surface area contributed by atoms with Crippen LogP contribution in [0.1, 0.15) is 20.8 Å². The smallest absolute Gasteiger partial charge is 0.409 e. The van der Waals surface area contributed by atoms with Gasteiger partial charge in [0.1, 0.15) is 5.75 Å². The normalized spacial score (nSPS) is 15.2. The molecule has 1 aromatic carbocycles. The molecule has 5 heteroatoms. The summed E-state index contributed by atoms with van der Waals surface area (Å²) in [5.74, 6) is 0.888. The lowest BCUT2D eigenvalue weighted by Crippen LogP contribution is -2.48. The molecule has 1 saturated heterocycles. The molecule has 0 radical (unpaired) electrons. The summed E-state index contributed by atoms with van der Waals surface area (Å²) in [7, 11) is 0. The third-order valence-electron chi connectivity index (χ3n) is 3.38. The van der Waals surface area contributed by atoms with Crippen molar-refractivity contribution in [3.05, 3.63) is 24.3 Å². The van der Waals surface area contributed by atoms with Crippen LogP contribution in [0.3, 0.4) is 0 Å². The fourth-order valence-electron chi connectivity index (χ4n) is 2.37. The minimum absolute atomic E-state index is 0.184. The van der Waals surface area contributed by atoms with E-state index in [-0.39, 0.29) is 12.2 Å². The number of piperazine rings is 1. The van der Waals surface area contributed by atoms with Crippen molar-refractivity contribution in [3.63, 3.8) is 0 Å². The molecule has 0 saturated carbocycles. The van der Waals surface area contributed by atoms with E-state index in [0.717, 1.165) is 24.5 Å². The highest BCUT2D eigenvalue weighted by Gasteiger charge is 2.21. The minimum atomic E-state index is -0.210. The highest BCUT2D eigenvalue weighted by atomic mass is 16.6. The van der Waals surface area contributed by atoms with Crippen LogP contribution < -0.4 is 9.64 Å². The first-order valence-electron chi connectivity index (χ1n) is 7.53. The Morgan fingerprint density at radius 1 is 1.14 bits per heavy atom. The molecule has 0 bridgehead atoms. The summed E-state index contributed by atoms with van der Waals surface area (Å²) < 4.78 is 10.7. The molecule has 0 spiro atoms. The molecular weight excluding hydrogens is 268 g/mol. The average molecular weight is 292 g/mol. The zero-order valence-electron chi connectivity index (χ0n) is 13.0. The minimum Gasteiger partial charge on any atom is -0.491 e. The van der Waals surface area contributed by atoms with E-state index in [4.69, 9.17) is 9.47 Å². The van der Waals surface area contributed by atoms with Crippen molar-refractivity contribution in [2.45, 2.75) is 26.9 Å². The van der Waals surface area contributed by atoms with Crippen molar-refractivity contribution < 1.29 is 14.3 Å². The maximum absolute atomic E-state index is 11.7. The molecule has 1 heterocycles. The zero-order valence-corrected chi connectivity index (χ0v) is 13.0. The quantitative estimate of drug-likeness (QED) is 0.856. The summed E-state index contributed by atoms with van der Waals surface area (Å²) in [6.07, 6.45) is -0.0261. The number of rotatable bonds is 4. The van der Waals surface area contributed by atoms with E-state index in [0.29, 0.717) is 19.7 Å². The Balaban J connectivity index is 1.88. The van der Waals surface area contributed by atoms with Gasteiger partial charge in [-0.2, -0.15) is 0 Å². The third kappa shape index (κ3) is 4.28. The Morgan fingerprint density at radius 3 is 2.29 bits per heavy atom. The molecule has 1 aromatic rings. The first-order chi connectivity index (χ1) is 10.1. The summed E-state index contributed by atoms with van der Waals surface area (Å²) in [5, 5.41) is 0. The summed E-state index contributed by atoms with van der Waals surface area (Å²) in [4.78, 5) is 15.7. The predicted octanol–water partition coefficient (Wildman–Crippen LogP) is 2.75. The van der Waals surface area contributed by atoms with Gasteiger partial charge in [0.2, 0.25) is 0 Å². The topological polar surface area (TPSA) is 42.0 Å². The maximum Gasteiger partial charge on any atom is 0.409 e. The van der Waals surface area contributed by atoms with Crippen molar-refractivity contribution in [2.24, 2.45) is 0 Å². The highest BCUT2D eigenvalue weighted by Crippen LogP contribution is 2.21. The fraction of sp³-hybridized carbons (Fsp3) is 0.562. The fourth-order valence-corrected chi connectivity index (χ4v) is 2.37. The number of anilines is 1. The van der Waals surface area contributed by atoms with E-state index in [2.05, 4.69) is 17.0 Å². The van der Waals surface area contributed by atoms with Crippen LogP contribution in [-0.2, 0) is 4.74 Å². The summed E-state index contributed by atoms with van der Waals surface area (Å²) in [6.45, 7) is 9.33. The maximum atomic E-state index is 11.7. The highest BCUT2D eigenvalue weighted by molar-refractivity contribution is 5.68. The van der Waals surface area contributed by atoms with Gasteiger partial charge < -0.3 is 19.3 Å². The standard InChI is InChI=1S/C16H24N2O3/c1-4-20-16(19)18-11-9-17(10-12-18)14-5-7-15(8-6-14)21-13(2)3/h5-8,13H,4,9-12H2,1-3H3. The average Bonchev–Trinajstić information content (AvgIpc) is 2.48. The molecule has 0 aromatic heterocycles. The molecule has 1 amide bonds. The van der Waals surface area contributed by atoms with Gasteiger partial charge in [0.15, 0.2) is 0 Å². The van der Waals surface area contributed by atoms with E-state index in [1.54, 1.807) is 4.90 Å². The summed E-state index contributed by atoms with van der Waals surface area (Å²) >= 11 is 0. The van der Waals surface area contributed by atoms with Gasteiger partial charge in [-0.05, 0) is 45.0 Å². The second kappa shape index (κ2) is 7.20. The van der Waals surface area contributed by atoms with Crippen LogP contribution in [-0.4, -0.2) is 49.9 Å². The van der Waals surface area contributed by atoms with Crippen LogP contribution in [0.2, 0.25) is 0 Å². The van der Waals surface area contributed by atoms with Crippen molar-refractivity contribution in [2.75, 3.05) is 37.7 Å². The van der Waals surface area contributed by atoms with Gasteiger partial charge in [0, 0.05) is 31.9 Å². The Morgan fingerprint density at radius 2 is 1.76 bits per heavy atom. The molecule has 2 rings (SSSR count). The second-order valence-corrected chi connectivity index (χ2v) is 5.33. The van der Waals surface area contributed by atoms with Crippen LogP contribution in [0.25, 0.3) is 0 Å². The number of hydrogen-bond acceptors (Lipinski definition) is 4. The van der Waals surface area contributed by atoms with Gasteiger partial charge in [-0.25, -0.2) is 4.79 Å². The van der Waals surface area contributed by atoms with Crippen molar-refractivity contribution in [1.82, 2.24) is 4.90 Å². The largest absolute Gasteiger partial charge is 0.491 e. The molecule has 1 aliphatic rings. The van der Waals surface area contributed by atoms with Gasteiger partial charge in [-0.15, -0.1) is 0 Å². The first-order valence-corrected chi connectivity index (χ1v) is 7.53. The van der Waals surface area contributed by atoms with E-state index >= 15 is 0 Å². The molecule has 0 aliphatic carbocycles. The lowest BCUT2D eigenvalue weighted by molar-refractivity contribution is 0.105. The number of carbonyl (C=O) groups is 1. The second-order valence-electron chi connectivity index (χ2n) is 5.33. The van der Waals surface area contributed by atoms with Crippen LogP contribution in [0, 0.1) is 0 Å². The monoisotopic (exact) mass is 292 g/mol. The van der Waals surface area contributed by atoms with Crippen LogP contribution in [0.15, 0.2) is 24.3 Å². The molecule has 21 heavy (non-hydrogen) atoms. The van der Waals surface area contributed by atoms with Crippen LogP contribution in [0.4, 0.5) is 10.5 Å².